The van der Waals surface area contributed by atoms with E-state index in [1.165, 1.54) is 12.8 Å². The molecule has 0 radical (unpaired) electrons. The number of ether oxygens (including phenoxy) is 1. The smallest absolute Gasteiger partial charge is 0.158 e. The van der Waals surface area contributed by atoms with E-state index >= 15 is 0 Å². The molecule has 0 bridgehead atoms. The minimum Gasteiger partial charge on any atom is -0.374 e. The first kappa shape index (κ1) is 15.0. The number of hydrogen-bond donors (Lipinski definition) is 1. The number of nitrogens with one attached hydrogen (secondary N) is 1. The molecule has 1 saturated heterocycles. The van der Waals surface area contributed by atoms with Crippen molar-refractivity contribution in [1.29, 1.82) is 0 Å². The van der Waals surface area contributed by atoms with Gasteiger partial charge in [0.05, 0.1) is 0 Å². The summed E-state index contributed by atoms with van der Waals surface area (Å²) in [4.78, 5) is 11.6. The monoisotopic (exact) mass is 278 g/mol. The summed E-state index contributed by atoms with van der Waals surface area (Å²) in [7, 11) is 0. The lowest BCUT2D eigenvalue weighted by Crippen LogP contribution is -2.28. The normalized spacial score (nSPS) is 18.6. The van der Waals surface area contributed by atoms with Crippen LogP contribution in [0.25, 0.3) is 0 Å². The molecule has 5 nitrogen and oxygen atoms in total. The van der Waals surface area contributed by atoms with Gasteiger partial charge in [-0.05, 0) is 33.1 Å². The Balaban J connectivity index is 2.19. The molecule has 0 spiro atoms. The molecule has 2 heterocycles. The van der Waals surface area contributed by atoms with Gasteiger partial charge in [-0.1, -0.05) is 6.92 Å². The van der Waals surface area contributed by atoms with Gasteiger partial charge in [-0.15, -0.1) is 0 Å². The van der Waals surface area contributed by atoms with Gasteiger partial charge in [0, 0.05) is 31.8 Å². The first-order chi connectivity index (χ1) is 9.74. The second kappa shape index (κ2) is 7.43. The van der Waals surface area contributed by atoms with Crippen molar-refractivity contribution in [2.45, 2.75) is 52.7 Å². The third-order valence-corrected chi connectivity index (χ3v) is 3.60. The Labute approximate surface area is 121 Å². The minimum atomic E-state index is 0.480. The lowest BCUT2D eigenvalue weighted by Gasteiger charge is -2.23. The molecular weight excluding hydrogens is 252 g/mol. The molecule has 0 saturated carbocycles. The molecule has 1 aromatic rings. The maximum absolute atomic E-state index is 5.45. The van der Waals surface area contributed by atoms with Crippen LogP contribution in [0.3, 0.4) is 0 Å². The van der Waals surface area contributed by atoms with Crippen LogP contribution in [-0.2, 0) is 11.3 Å². The molecule has 1 aliphatic rings. The molecule has 112 valence electrons. The van der Waals surface area contributed by atoms with Crippen LogP contribution in [0, 0.1) is 0 Å². The fourth-order valence-corrected chi connectivity index (χ4v) is 2.51. The van der Waals surface area contributed by atoms with E-state index in [2.05, 4.69) is 40.1 Å². The van der Waals surface area contributed by atoms with E-state index in [4.69, 9.17) is 4.74 Å². The zero-order valence-electron chi connectivity index (χ0n) is 12.9. The van der Waals surface area contributed by atoms with Crippen molar-refractivity contribution in [1.82, 2.24) is 9.97 Å². The lowest BCUT2D eigenvalue weighted by molar-refractivity contribution is 0.128. The van der Waals surface area contributed by atoms with Crippen LogP contribution in [0.2, 0.25) is 0 Å². The van der Waals surface area contributed by atoms with E-state index in [9.17, 15) is 0 Å². The van der Waals surface area contributed by atoms with Gasteiger partial charge >= 0.3 is 0 Å². The summed E-state index contributed by atoms with van der Waals surface area (Å²) in [5.74, 6) is 2.70. The highest BCUT2D eigenvalue weighted by Crippen LogP contribution is 2.25. The molecule has 5 heteroatoms. The fraction of sp³-hybridized carbons (Fsp3) is 0.733. The van der Waals surface area contributed by atoms with Gasteiger partial charge in [-0.25, -0.2) is 9.97 Å². The number of rotatable bonds is 7. The van der Waals surface area contributed by atoms with Crippen molar-refractivity contribution >= 4 is 11.6 Å². The van der Waals surface area contributed by atoms with Gasteiger partial charge in [-0.2, -0.15) is 0 Å². The molecule has 1 aromatic heterocycles. The summed E-state index contributed by atoms with van der Waals surface area (Å²) in [6, 6.07) is 2.62. The van der Waals surface area contributed by atoms with E-state index in [0.717, 1.165) is 37.0 Å². The topological polar surface area (TPSA) is 50.3 Å². The molecule has 1 atom stereocenters. The lowest BCUT2D eigenvalue weighted by atomic mass is 10.2. The van der Waals surface area contributed by atoms with Crippen molar-refractivity contribution in [2.24, 2.45) is 0 Å². The Kier molecular flexibility index (Phi) is 5.59. The summed E-state index contributed by atoms with van der Waals surface area (Å²) < 4.78 is 5.45. The third kappa shape index (κ3) is 3.82. The SMILES string of the molecule is CCCNc1cc(N2CCCC2C)nc(COCC)n1. The van der Waals surface area contributed by atoms with Crippen molar-refractivity contribution in [3.05, 3.63) is 11.9 Å². The Hall–Kier alpha value is -1.36. The molecule has 2 rings (SSSR count). The number of aromatic nitrogens is 2. The van der Waals surface area contributed by atoms with Gasteiger partial charge in [0.25, 0.3) is 0 Å². The maximum atomic E-state index is 5.45. The van der Waals surface area contributed by atoms with Gasteiger partial charge in [0.15, 0.2) is 5.82 Å². The Morgan fingerprint density at radius 3 is 2.90 bits per heavy atom. The maximum Gasteiger partial charge on any atom is 0.158 e. The molecule has 0 amide bonds. The largest absolute Gasteiger partial charge is 0.374 e. The van der Waals surface area contributed by atoms with Crippen molar-refractivity contribution in [3.8, 4) is 0 Å². The average molecular weight is 278 g/mol. The Morgan fingerprint density at radius 1 is 1.40 bits per heavy atom. The molecule has 1 aliphatic heterocycles. The predicted molar refractivity (Wildman–Crippen MR) is 82.2 cm³/mol. The number of anilines is 2. The highest BCUT2D eigenvalue weighted by atomic mass is 16.5. The van der Waals surface area contributed by atoms with Crippen LogP contribution in [-0.4, -0.2) is 35.7 Å². The van der Waals surface area contributed by atoms with Gasteiger partial charge in [0.2, 0.25) is 0 Å². The minimum absolute atomic E-state index is 0.480. The third-order valence-electron chi connectivity index (χ3n) is 3.60. The Bertz CT molecular complexity index is 398. The van der Waals surface area contributed by atoms with Crippen molar-refractivity contribution in [3.63, 3.8) is 0 Å². The first-order valence-electron chi connectivity index (χ1n) is 7.70. The first-order valence-corrected chi connectivity index (χ1v) is 7.70. The summed E-state index contributed by atoms with van der Waals surface area (Å²) in [6.07, 6.45) is 3.56. The quantitative estimate of drug-likeness (QED) is 0.831. The molecule has 1 N–H and O–H groups in total. The summed E-state index contributed by atoms with van der Waals surface area (Å²) >= 11 is 0. The van der Waals surface area contributed by atoms with Crippen LogP contribution in [0.4, 0.5) is 11.6 Å². The van der Waals surface area contributed by atoms with Crippen LogP contribution in [0.5, 0.6) is 0 Å². The van der Waals surface area contributed by atoms with Gasteiger partial charge in [-0.3, -0.25) is 0 Å². The van der Waals surface area contributed by atoms with Crippen molar-refractivity contribution < 1.29 is 4.74 Å². The molecular formula is C15H26N4O. The van der Waals surface area contributed by atoms with E-state index in [1.807, 2.05) is 6.92 Å². The molecule has 0 aromatic carbocycles. The average Bonchev–Trinajstić information content (AvgIpc) is 2.89. The zero-order valence-corrected chi connectivity index (χ0v) is 12.9. The van der Waals surface area contributed by atoms with Crippen molar-refractivity contribution in [2.75, 3.05) is 29.9 Å². The molecule has 1 fully saturated rings. The van der Waals surface area contributed by atoms with Crippen LogP contribution < -0.4 is 10.2 Å². The van der Waals surface area contributed by atoms with E-state index in [0.29, 0.717) is 19.3 Å². The second-order valence-electron chi connectivity index (χ2n) is 5.28. The predicted octanol–water partition coefficient (Wildman–Crippen LogP) is 2.82. The Morgan fingerprint density at radius 2 is 2.25 bits per heavy atom. The molecule has 1 unspecified atom stereocenters. The van der Waals surface area contributed by atoms with E-state index in [1.54, 1.807) is 0 Å². The zero-order chi connectivity index (χ0) is 14.4. The standard InChI is InChI=1S/C15H26N4O/c1-4-8-16-13-10-15(19-9-6-7-12(19)3)18-14(17-13)11-20-5-2/h10,12H,4-9,11H2,1-3H3,(H,16,17,18). The van der Waals surface area contributed by atoms with Crippen LogP contribution in [0.1, 0.15) is 45.9 Å². The van der Waals surface area contributed by atoms with Gasteiger partial charge < -0.3 is 15.0 Å². The highest BCUT2D eigenvalue weighted by Gasteiger charge is 2.22. The van der Waals surface area contributed by atoms with E-state index < -0.39 is 0 Å². The summed E-state index contributed by atoms with van der Waals surface area (Å²) in [5.41, 5.74) is 0. The number of hydrogen-bond acceptors (Lipinski definition) is 5. The van der Waals surface area contributed by atoms with Gasteiger partial charge in [0.1, 0.15) is 18.2 Å². The number of nitrogens with zero attached hydrogens (tertiary/aromatic N) is 3. The van der Waals surface area contributed by atoms with E-state index in [-0.39, 0.29) is 0 Å². The molecule has 0 aliphatic carbocycles. The molecule has 20 heavy (non-hydrogen) atoms. The van der Waals surface area contributed by atoms with Crippen LogP contribution in [0.15, 0.2) is 6.07 Å². The highest BCUT2D eigenvalue weighted by molar-refractivity contribution is 5.50. The second-order valence-corrected chi connectivity index (χ2v) is 5.28. The summed E-state index contributed by atoms with van der Waals surface area (Å²) in [6.45, 7) is 9.58. The fourth-order valence-electron chi connectivity index (χ4n) is 2.51. The van der Waals surface area contributed by atoms with Crippen LogP contribution >= 0.6 is 0 Å². The summed E-state index contributed by atoms with van der Waals surface area (Å²) in [5, 5.41) is 3.36.